The van der Waals surface area contributed by atoms with Gasteiger partial charge in [-0.05, 0) is 19.1 Å². The highest BCUT2D eigenvalue weighted by molar-refractivity contribution is 9.10. The Balaban J connectivity index is 1.91. The summed E-state index contributed by atoms with van der Waals surface area (Å²) in [5.74, 6) is 0.907. The molecule has 0 spiro atoms. The normalized spacial score (nSPS) is 10.8. The van der Waals surface area contributed by atoms with E-state index in [-0.39, 0.29) is 0 Å². The van der Waals surface area contributed by atoms with Gasteiger partial charge in [-0.1, -0.05) is 28.1 Å². The average Bonchev–Trinajstić information content (AvgIpc) is 2.83. The van der Waals surface area contributed by atoms with Gasteiger partial charge in [0.1, 0.15) is 5.82 Å². The van der Waals surface area contributed by atoms with E-state index in [0.717, 1.165) is 27.2 Å². The molecule has 0 radical (unpaired) electrons. The number of hydrogen-bond donors (Lipinski definition) is 1. The molecule has 2 aromatic heterocycles. The second-order valence-electron chi connectivity index (χ2n) is 4.19. The van der Waals surface area contributed by atoms with Gasteiger partial charge in [0.2, 0.25) is 0 Å². The Morgan fingerprint density at radius 2 is 2.11 bits per heavy atom. The molecular weight excluding hydrogens is 322 g/mol. The van der Waals surface area contributed by atoms with E-state index in [1.54, 1.807) is 11.3 Å². The van der Waals surface area contributed by atoms with Crippen molar-refractivity contribution in [3.63, 3.8) is 0 Å². The lowest BCUT2D eigenvalue weighted by Gasteiger charge is -2.08. The molecule has 0 amide bonds. The second-order valence-corrected chi connectivity index (χ2v) is 6.37. The zero-order chi connectivity index (χ0) is 13.2. The van der Waals surface area contributed by atoms with Crippen molar-refractivity contribution in [2.45, 2.75) is 13.5 Å². The van der Waals surface area contributed by atoms with E-state index in [1.165, 1.54) is 10.3 Å². The number of nitrogens with one attached hydrogen (secondary N) is 1. The van der Waals surface area contributed by atoms with Crippen LogP contribution in [0.5, 0.6) is 0 Å². The van der Waals surface area contributed by atoms with E-state index in [4.69, 9.17) is 0 Å². The standard InChI is InChI=1S/C14H12BrN3S/c1-9-17-7-10(19-9)8-18-14-12-3-2-4-13(15)11(12)5-6-16-14/h2-7H,8H2,1H3,(H,16,18). The lowest BCUT2D eigenvalue weighted by atomic mass is 10.1. The molecule has 0 unspecified atom stereocenters. The summed E-state index contributed by atoms with van der Waals surface area (Å²) in [6.07, 6.45) is 3.74. The summed E-state index contributed by atoms with van der Waals surface area (Å²) >= 11 is 5.27. The van der Waals surface area contributed by atoms with Crippen molar-refractivity contribution in [2.75, 3.05) is 5.32 Å². The number of pyridine rings is 1. The molecule has 3 nitrogen and oxygen atoms in total. The third-order valence-electron chi connectivity index (χ3n) is 2.85. The maximum absolute atomic E-state index is 4.42. The molecule has 0 aliphatic rings. The van der Waals surface area contributed by atoms with Gasteiger partial charge in [-0.3, -0.25) is 0 Å². The molecule has 0 saturated heterocycles. The maximum Gasteiger partial charge on any atom is 0.134 e. The molecule has 0 saturated carbocycles. The van der Waals surface area contributed by atoms with Gasteiger partial charge < -0.3 is 5.32 Å². The minimum atomic E-state index is 0.754. The van der Waals surface area contributed by atoms with E-state index in [0.29, 0.717) is 0 Å². The molecule has 1 N–H and O–H groups in total. The Morgan fingerprint density at radius 3 is 2.89 bits per heavy atom. The lowest BCUT2D eigenvalue weighted by molar-refractivity contribution is 1.14. The first-order chi connectivity index (χ1) is 9.24. The fraction of sp³-hybridized carbons (Fsp3) is 0.143. The van der Waals surface area contributed by atoms with Gasteiger partial charge in [-0.15, -0.1) is 11.3 Å². The van der Waals surface area contributed by atoms with Gasteiger partial charge in [-0.2, -0.15) is 0 Å². The molecule has 2 heterocycles. The molecule has 96 valence electrons. The molecule has 1 aromatic carbocycles. The molecule has 0 bridgehead atoms. The molecule has 0 aliphatic carbocycles. The lowest BCUT2D eigenvalue weighted by Crippen LogP contribution is -2.00. The first-order valence-corrected chi connectivity index (χ1v) is 7.53. The predicted molar refractivity (Wildman–Crippen MR) is 83.6 cm³/mol. The predicted octanol–water partition coefficient (Wildman–Crippen LogP) is 4.37. The number of hydrogen-bond acceptors (Lipinski definition) is 4. The molecule has 0 aliphatic heterocycles. The maximum atomic E-state index is 4.42. The summed E-state index contributed by atoms with van der Waals surface area (Å²) in [6, 6.07) is 8.16. The molecule has 3 rings (SSSR count). The summed E-state index contributed by atoms with van der Waals surface area (Å²) in [5, 5.41) is 6.76. The van der Waals surface area contributed by atoms with E-state index in [1.807, 2.05) is 37.5 Å². The minimum Gasteiger partial charge on any atom is -0.365 e. The fourth-order valence-electron chi connectivity index (χ4n) is 1.97. The quantitative estimate of drug-likeness (QED) is 0.773. The van der Waals surface area contributed by atoms with Crippen LogP contribution in [0, 0.1) is 6.92 Å². The van der Waals surface area contributed by atoms with Gasteiger partial charge in [0.15, 0.2) is 0 Å². The number of aryl methyl sites for hydroxylation is 1. The van der Waals surface area contributed by atoms with E-state index >= 15 is 0 Å². The van der Waals surface area contributed by atoms with E-state index in [9.17, 15) is 0 Å². The van der Waals surface area contributed by atoms with Crippen LogP contribution in [0.4, 0.5) is 5.82 Å². The van der Waals surface area contributed by atoms with Crippen molar-refractivity contribution in [3.05, 3.63) is 51.0 Å². The molecule has 5 heteroatoms. The highest BCUT2D eigenvalue weighted by Crippen LogP contribution is 2.28. The molecule has 0 fully saturated rings. The smallest absolute Gasteiger partial charge is 0.134 e. The van der Waals surface area contributed by atoms with Crippen molar-refractivity contribution in [1.29, 1.82) is 0 Å². The van der Waals surface area contributed by atoms with Crippen LogP contribution in [0.2, 0.25) is 0 Å². The number of fused-ring (bicyclic) bond motifs is 1. The van der Waals surface area contributed by atoms with Crippen LogP contribution in [-0.2, 0) is 6.54 Å². The van der Waals surface area contributed by atoms with Crippen LogP contribution in [-0.4, -0.2) is 9.97 Å². The monoisotopic (exact) mass is 333 g/mol. The number of nitrogens with zero attached hydrogens (tertiary/aromatic N) is 2. The van der Waals surface area contributed by atoms with E-state index < -0.39 is 0 Å². The van der Waals surface area contributed by atoms with Crippen molar-refractivity contribution >= 4 is 43.9 Å². The Bertz CT molecular complexity index is 724. The third-order valence-corrected chi connectivity index (χ3v) is 4.46. The molecule has 3 aromatic rings. The van der Waals surface area contributed by atoms with Crippen LogP contribution in [0.1, 0.15) is 9.88 Å². The van der Waals surface area contributed by atoms with Crippen LogP contribution >= 0.6 is 27.3 Å². The van der Waals surface area contributed by atoms with Gasteiger partial charge in [0.25, 0.3) is 0 Å². The number of benzene rings is 1. The second kappa shape index (κ2) is 5.27. The highest BCUT2D eigenvalue weighted by Gasteiger charge is 2.05. The topological polar surface area (TPSA) is 37.8 Å². The first kappa shape index (κ1) is 12.6. The van der Waals surface area contributed by atoms with Gasteiger partial charge >= 0.3 is 0 Å². The van der Waals surface area contributed by atoms with Crippen LogP contribution in [0.25, 0.3) is 10.8 Å². The summed E-state index contributed by atoms with van der Waals surface area (Å²) < 4.78 is 1.09. The first-order valence-electron chi connectivity index (χ1n) is 5.92. The number of rotatable bonds is 3. The fourth-order valence-corrected chi connectivity index (χ4v) is 3.20. The number of anilines is 1. The van der Waals surface area contributed by atoms with Crippen molar-refractivity contribution < 1.29 is 0 Å². The summed E-state index contributed by atoms with van der Waals surface area (Å²) in [6.45, 7) is 2.77. The zero-order valence-electron chi connectivity index (χ0n) is 10.4. The number of thiazole rings is 1. The third kappa shape index (κ3) is 2.62. The Morgan fingerprint density at radius 1 is 1.21 bits per heavy atom. The Hall–Kier alpha value is -1.46. The Labute approximate surface area is 123 Å². The van der Waals surface area contributed by atoms with Gasteiger partial charge in [0, 0.05) is 32.5 Å². The number of aromatic nitrogens is 2. The minimum absolute atomic E-state index is 0.754. The molecule has 0 atom stereocenters. The van der Waals surface area contributed by atoms with Crippen LogP contribution < -0.4 is 5.32 Å². The van der Waals surface area contributed by atoms with Gasteiger partial charge in [-0.25, -0.2) is 9.97 Å². The van der Waals surface area contributed by atoms with Crippen molar-refractivity contribution in [1.82, 2.24) is 9.97 Å². The average molecular weight is 334 g/mol. The van der Waals surface area contributed by atoms with Crippen molar-refractivity contribution in [3.8, 4) is 0 Å². The Kier molecular flexibility index (Phi) is 3.48. The summed E-state index contributed by atoms with van der Waals surface area (Å²) in [5.41, 5.74) is 0. The summed E-state index contributed by atoms with van der Waals surface area (Å²) in [4.78, 5) is 9.89. The van der Waals surface area contributed by atoms with Crippen LogP contribution in [0.15, 0.2) is 41.1 Å². The van der Waals surface area contributed by atoms with Gasteiger partial charge in [0.05, 0.1) is 11.6 Å². The highest BCUT2D eigenvalue weighted by atomic mass is 79.9. The SMILES string of the molecule is Cc1ncc(CNc2nccc3c(Br)cccc23)s1. The molecule has 19 heavy (non-hydrogen) atoms. The van der Waals surface area contributed by atoms with Crippen LogP contribution in [0.3, 0.4) is 0 Å². The zero-order valence-corrected chi connectivity index (χ0v) is 12.8. The number of halogens is 1. The largest absolute Gasteiger partial charge is 0.365 e. The van der Waals surface area contributed by atoms with E-state index in [2.05, 4.69) is 37.3 Å². The summed E-state index contributed by atoms with van der Waals surface area (Å²) in [7, 11) is 0. The molecular formula is C14H12BrN3S. The van der Waals surface area contributed by atoms with Crippen molar-refractivity contribution in [2.24, 2.45) is 0 Å².